The van der Waals surface area contributed by atoms with Crippen LogP contribution in [0.1, 0.15) is 294 Å². The molecule has 4 fully saturated rings. The second kappa shape index (κ2) is 46.8. The lowest BCUT2D eigenvalue weighted by atomic mass is 9.81. The molecule has 46 heteroatoms. The zero-order chi connectivity index (χ0) is 107. The average molecular weight is 2050 g/mol. The minimum atomic E-state index is -1.18. The molecule has 0 spiro atoms. The van der Waals surface area contributed by atoms with Crippen molar-refractivity contribution in [2.24, 2.45) is 5.73 Å². The highest BCUT2D eigenvalue weighted by atomic mass is 35.5. The number of rotatable bonds is 18. The van der Waals surface area contributed by atoms with Crippen molar-refractivity contribution < 1.29 is 73.3 Å². The summed E-state index contributed by atoms with van der Waals surface area (Å²) >= 11 is 12.1. The van der Waals surface area contributed by atoms with Crippen LogP contribution in [0.25, 0.3) is 22.6 Å². The predicted molar refractivity (Wildman–Crippen MR) is 555 cm³/mol. The number of pyridine rings is 3. The fourth-order valence-electron chi connectivity index (χ4n) is 16.6. The van der Waals surface area contributed by atoms with Crippen molar-refractivity contribution in [3.63, 3.8) is 0 Å². The number of nitrogen functional groups attached to an aromatic ring is 1. The van der Waals surface area contributed by atoms with Gasteiger partial charge in [0.2, 0.25) is 0 Å². The number of ether oxygens (including phenoxy) is 3. The summed E-state index contributed by atoms with van der Waals surface area (Å²) in [7, 11) is 6.27. The van der Waals surface area contributed by atoms with Crippen molar-refractivity contribution in [1.82, 2.24) is 88.0 Å². The molecule has 11 aromatic heterocycles. The summed E-state index contributed by atoms with van der Waals surface area (Å²) in [4.78, 5) is 146. The summed E-state index contributed by atoms with van der Waals surface area (Å²) in [6.07, 6.45) is 22.3. The maximum absolute atomic E-state index is 13.4. The minimum absolute atomic E-state index is 0.00579. The van der Waals surface area contributed by atoms with Crippen molar-refractivity contribution in [2.75, 3.05) is 64.6 Å². The van der Waals surface area contributed by atoms with E-state index >= 15 is 0 Å². The van der Waals surface area contributed by atoms with Crippen LogP contribution in [0.4, 0.5) is 66.4 Å². The lowest BCUT2D eigenvalue weighted by Gasteiger charge is -2.37. The number of carbonyl (C=O) groups excluding carboxylic acids is 6. The molecule has 0 aromatic carbocycles. The quantitative estimate of drug-likeness (QED) is 0.0280. The van der Waals surface area contributed by atoms with Gasteiger partial charge in [0.25, 0.3) is 34.4 Å². The van der Waals surface area contributed by atoms with Crippen LogP contribution in [0.3, 0.4) is 0 Å². The summed E-state index contributed by atoms with van der Waals surface area (Å²) in [5, 5.41) is 85.7. The Labute approximate surface area is 850 Å². The van der Waals surface area contributed by atoms with E-state index < -0.39 is 81.3 Å². The molecule has 0 aliphatic heterocycles. The molecule has 4 aliphatic carbocycles. The van der Waals surface area contributed by atoms with Crippen LogP contribution in [0.15, 0.2) is 118 Å². The van der Waals surface area contributed by atoms with Gasteiger partial charge in [-0.2, -0.15) is 38.5 Å². The van der Waals surface area contributed by atoms with E-state index in [1.54, 1.807) is 171 Å². The van der Waals surface area contributed by atoms with Crippen LogP contribution in [-0.4, -0.2) is 231 Å². The molecule has 6 amide bonds. The van der Waals surface area contributed by atoms with Crippen molar-refractivity contribution in [3.05, 3.63) is 168 Å². The molecule has 8 atom stereocenters. The van der Waals surface area contributed by atoms with Crippen LogP contribution >= 0.6 is 23.2 Å². The maximum atomic E-state index is 13.4. The van der Waals surface area contributed by atoms with Gasteiger partial charge in [0.15, 0.2) is 22.6 Å². The normalized spacial score (nSPS) is 20.0. The van der Waals surface area contributed by atoms with Crippen molar-refractivity contribution in [2.45, 2.75) is 316 Å². The van der Waals surface area contributed by atoms with E-state index in [2.05, 4.69) is 72.2 Å². The second-order valence-corrected chi connectivity index (χ2v) is 42.1. The molecule has 0 bridgehead atoms. The zero-order valence-electron chi connectivity index (χ0n) is 86.7. The Bertz CT molecular complexity index is 6670. The topological polar surface area (TPSA) is 569 Å². The molecule has 788 valence electrons. The van der Waals surface area contributed by atoms with Gasteiger partial charge in [-0.15, -0.1) is 0 Å². The number of anilines is 9. The standard InChI is InChI=1S/C28H39N7O5.C23H31N7O3.C20H28ClN5O4.C13H15ClN4O4.C8H12N2O.C7H15NO/c1-17(2)34-14-10-11-19(25(34)37)30-21-15-22(33(7)26(38)40-27(3,4)5)35-23(32-21)18(16-29-35)24(36)31-20-12-8-9-13-28(20,6)39;1-14(2)29-11-7-8-16(22(29)32)26-18-12-19(24-4)30-20(28-18)15(13-25-30)21(31)27-17-9-5-6-10-23(17,3)33;1-19(2,3)30-18(28)25(5)15-10-14(21)24-16-12(11-22-26(15)16)17(27)23-13-8-6-7-9-20(13,4)29;1-13(2,3)22-12(21)17(4)9-5-8(14)16-10-7(11(19)20)6-15-18(9)10;1-6(2)10-5-3-4-7(9)8(10)11;1-7(9)5-3-2-4-6(7)8/h10-11,14-17,20,39H,8-9,12-13H2,1-7H3,(H,30,32)(H,31,36);7-8,11-14,17,24,33H,5-6,9-10H2,1-4H3,(H,26,28)(H,27,31);10-11,13,29H,6-9H2,1-5H3,(H,23,27);5-6H,1-4H3,(H,19,20);3-6H,9H2,1-2H3;6,9H,2-5,8H2,1H3/t20?,28-;17?,23-;13?,20-;;;6-,7-/m000..0/s1. The maximum Gasteiger partial charge on any atom is 0.415 e. The van der Waals surface area contributed by atoms with Crippen LogP contribution in [0, 0.1) is 0 Å². The molecule has 0 saturated heterocycles. The van der Waals surface area contributed by atoms with E-state index in [-0.39, 0.29) is 126 Å². The Morgan fingerprint density at radius 3 is 1.06 bits per heavy atom. The first-order valence-corrected chi connectivity index (χ1v) is 49.1. The van der Waals surface area contributed by atoms with E-state index in [9.17, 15) is 68.4 Å². The van der Waals surface area contributed by atoms with Gasteiger partial charge in [0.1, 0.15) is 95.6 Å². The number of hydrogen-bond acceptors (Lipinski definition) is 30. The van der Waals surface area contributed by atoms with Crippen LogP contribution in [-0.2, 0) is 14.2 Å². The number of carboxylic acids is 1. The molecule has 3 unspecified atom stereocenters. The number of amides is 6. The highest BCUT2D eigenvalue weighted by Gasteiger charge is 2.41. The number of fused-ring (bicyclic) bond motifs is 4. The second-order valence-electron chi connectivity index (χ2n) is 41.3. The highest BCUT2D eigenvalue weighted by molar-refractivity contribution is 6.30. The minimum Gasteiger partial charge on any atom is -0.477 e. The number of aromatic nitrogens is 15. The molecular formula is C99H140Cl2N26O18. The van der Waals surface area contributed by atoms with Crippen LogP contribution in [0.2, 0.25) is 10.3 Å². The van der Waals surface area contributed by atoms with E-state index in [0.29, 0.717) is 72.1 Å². The molecule has 4 aliphatic rings. The van der Waals surface area contributed by atoms with Crippen molar-refractivity contribution >= 4 is 140 Å². The van der Waals surface area contributed by atoms with Crippen LogP contribution < -0.4 is 74.7 Å². The molecule has 11 aromatic rings. The average Bonchev–Trinajstić information content (AvgIpc) is 1.66. The summed E-state index contributed by atoms with van der Waals surface area (Å²) < 4.78 is 26.5. The molecular weight excluding hydrogens is 1910 g/mol. The number of aliphatic hydroxyl groups is 4. The third-order valence-corrected chi connectivity index (χ3v) is 25.2. The Morgan fingerprint density at radius 2 is 0.745 bits per heavy atom. The molecule has 0 radical (unpaired) electrons. The highest BCUT2D eigenvalue weighted by Crippen LogP contribution is 2.36. The van der Waals surface area contributed by atoms with Crippen molar-refractivity contribution in [1.29, 1.82) is 0 Å². The molecule has 4 saturated carbocycles. The van der Waals surface area contributed by atoms with E-state index in [1.165, 1.54) is 91.0 Å². The number of hydrogen-bond donors (Lipinski definition) is 13. The van der Waals surface area contributed by atoms with Gasteiger partial charge < -0.3 is 96.8 Å². The lowest BCUT2D eigenvalue weighted by Crippen LogP contribution is -2.52. The van der Waals surface area contributed by atoms with Gasteiger partial charge >= 0.3 is 24.2 Å². The SMILES string of the molecule is CC(C)n1cccc(N)c1=O.CC(C)n1cccc(Nc2cc(N(C)C(=O)OC(C)(C)C)n3ncc(C(=O)NC4CCCC[C@]4(C)O)c3n2)c1=O.CN(C(=O)OC(C)(C)C)c1cc(Cl)nc2c(C(=O)NC3CCCC[C@]3(C)O)cnn12.CN(C(=O)OC(C)(C)C)c1cc(Cl)nc2c(C(=O)O)cnn12.CNc1cc(Nc2cccn(C(C)C)c2=O)nc2c(C(=O)NC3CCCC[C@]3(C)O)cnn12.C[C@]1(O)CCCC[C@@H]1N. The molecule has 15 rings (SSSR count). The summed E-state index contributed by atoms with van der Waals surface area (Å²) in [5.74, 6) is -0.309. The first-order chi connectivity index (χ1) is 67.6. The lowest BCUT2D eigenvalue weighted by molar-refractivity contribution is -0.00871. The van der Waals surface area contributed by atoms with Crippen molar-refractivity contribution in [3.8, 4) is 0 Å². The first kappa shape index (κ1) is 114. The summed E-state index contributed by atoms with van der Waals surface area (Å²) in [5.41, 5.74) is 7.26. The van der Waals surface area contributed by atoms with Gasteiger partial charge in [0, 0.05) is 95.2 Å². The fourth-order valence-corrected chi connectivity index (χ4v) is 16.9. The fraction of sp³-hybridized carbons (Fsp3) is 0.535. The zero-order valence-corrected chi connectivity index (χ0v) is 88.2. The Kier molecular flexibility index (Phi) is 36.6. The third-order valence-electron chi connectivity index (χ3n) is 24.9. The van der Waals surface area contributed by atoms with Gasteiger partial charge in [-0.3, -0.25) is 43.5 Å². The van der Waals surface area contributed by atoms with Gasteiger partial charge in [0.05, 0.1) is 71.0 Å². The number of aromatic carboxylic acids is 1. The number of nitrogens with two attached hydrogens (primary N) is 2. The summed E-state index contributed by atoms with van der Waals surface area (Å²) in [6.45, 7) is 34.5. The monoisotopic (exact) mass is 2050 g/mol. The van der Waals surface area contributed by atoms with E-state index in [0.717, 1.165) is 70.4 Å². The van der Waals surface area contributed by atoms with E-state index in [4.69, 9.17) is 54.0 Å². The smallest absolute Gasteiger partial charge is 0.415 e. The third kappa shape index (κ3) is 28.9. The Balaban J connectivity index is 0.000000188. The molecule has 44 nitrogen and oxygen atoms in total. The predicted octanol–water partition coefficient (Wildman–Crippen LogP) is 14.0. The Hall–Kier alpha value is -13.4. The largest absolute Gasteiger partial charge is 0.477 e. The van der Waals surface area contributed by atoms with E-state index in [1.807, 2.05) is 48.5 Å². The van der Waals surface area contributed by atoms with Gasteiger partial charge in [-0.1, -0.05) is 74.6 Å². The Morgan fingerprint density at radius 1 is 0.441 bits per heavy atom. The number of carbonyl (C=O) groups is 7. The summed E-state index contributed by atoms with van der Waals surface area (Å²) in [6, 6.07) is 15.4. The molecule has 11 heterocycles. The number of nitrogens with one attached hydrogen (secondary N) is 6. The molecule has 15 N–H and O–H groups in total. The number of halogens is 2. The van der Waals surface area contributed by atoms with Crippen LogP contribution in [0.5, 0.6) is 0 Å². The molecule has 145 heavy (non-hydrogen) atoms. The number of nitrogens with zero attached hydrogens (tertiary/aromatic N) is 18. The number of carboxylic acid groups (broad SMARTS) is 1. The van der Waals surface area contributed by atoms with Gasteiger partial charge in [-0.05, 0) is 219 Å². The van der Waals surface area contributed by atoms with Gasteiger partial charge in [-0.25, -0.2) is 39.1 Å². The first-order valence-electron chi connectivity index (χ1n) is 48.3.